The van der Waals surface area contributed by atoms with E-state index in [0.29, 0.717) is 5.56 Å². The molecule has 0 aliphatic rings. The van der Waals surface area contributed by atoms with Crippen molar-refractivity contribution >= 4 is 5.91 Å². The lowest BCUT2D eigenvalue weighted by molar-refractivity contribution is 0.0681. The monoisotopic (exact) mass is 261 g/mol. The van der Waals surface area contributed by atoms with Gasteiger partial charge in [0.2, 0.25) is 0 Å². The van der Waals surface area contributed by atoms with E-state index in [4.69, 9.17) is 10.2 Å². The summed E-state index contributed by atoms with van der Waals surface area (Å²) in [4.78, 5) is 13.8. The molecular formula is C15H19NO3. The van der Waals surface area contributed by atoms with E-state index in [1.165, 1.54) is 4.90 Å². The van der Waals surface area contributed by atoms with Gasteiger partial charge >= 0.3 is 0 Å². The number of amides is 1. The molecule has 0 bridgehead atoms. The summed E-state index contributed by atoms with van der Waals surface area (Å²) in [5.74, 6) is 5.25. The van der Waals surface area contributed by atoms with Crippen LogP contribution in [0.4, 0.5) is 0 Å². The van der Waals surface area contributed by atoms with Crippen molar-refractivity contribution in [2.24, 2.45) is 0 Å². The van der Waals surface area contributed by atoms with E-state index >= 15 is 0 Å². The number of aliphatic hydroxyl groups excluding tert-OH is 2. The van der Waals surface area contributed by atoms with Crippen LogP contribution in [0.5, 0.6) is 0 Å². The predicted octanol–water partition coefficient (Wildman–Crippen LogP) is 0.792. The van der Waals surface area contributed by atoms with Crippen LogP contribution < -0.4 is 0 Å². The van der Waals surface area contributed by atoms with E-state index in [9.17, 15) is 4.79 Å². The molecule has 0 radical (unpaired) electrons. The van der Waals surface area contributed by atoms with Crippen molar-refractivity contribution in [2.75, 3.05) is 20.3 Å². The average Bonchev–Trinajstić information content (AvgIpc) is 2.43. The topological polar surface area (TPSA) is 60.8 Å². The van der Waals surface area contributed by atoms with Crippen molar-refractivity contribution in [3.8, 4) is 11.8 Å². The number of likely N-dealkylation sites (N-methyl/N-ethyl adjacent to an activating group) is 1. The molecule has 1 rings (SSSR count). The summed E-state index contributed by atoms with van der Waals surface area (Å²) in [6, 6.07) is 5.07. The number of rotatable bonds is 3. The summed E-state index contributed by atoms with van der Waals surface area (Å²) < 4.78 is 0. The molecule has 2 N–H and O–H groups in total. The molecule has 102 valence electrons. The highest BCUT2D eigenvalue weighted by Crippen LogP contribution is 2.15. The summed E-state index contributed by atoms with van der Waals surface area (Å²) in [6.07, 6.45) is 0. The van der Waals surface area contributed by atoms with Gasteiger partial charge in [-0.05, 0) is 31.5 Å². The third-order valence-electron chi connectivity index (χ3n) is 3.11. The Morgan fingerprint density at radius 3 is 2.68 bits per heavy atom. The molecule has 0 fully saturated rings. The van der Waals surface area contributed by atoms with Gasteiger partial charge in [-0.2, -0.15) is 0 Å². The van der Waals surface area contributed by atoms with Crippen LogP contribution in [0.25, 0.3) is 0 Å². The van der Waals surface area contributed by atoms with Crippen molar-refractivity contribution < 1.29 is 15.0 Å². The van der Waals surface area contributed by atoms with Gasteiger partial charge in [0.1, 0.15) is 6.61 Å². The second-order valence-electron chi connectivity index (χ2n) is 4.39. The maximum atomic E-state index is 12.3. The van der Waals surface area contributed by atoms with E-state index in [1.54, 1.807) is 26.1 Å². The summed E-state index contributed by atoms with van der Waals surface area (Å²) in [6.45, 7) is 3.32. The minimum absolute atomic E-state index is 0.0781. The molecule has 1 aromatic rings. The maximum Gasteiger partial charge on any atom is 0.254 e. The SMILES string of the molecule is Cc1c(C#CCO)cccc1C(=O)N(C)C(C)CO. The zero-order chi connectivity index (χ0) is 14.4. The first-order valence-electron chi connectivity index (χ1n) is 6.10. The minimum Gasteiger partial charge on any atom is -0.394 e. The zero-order valence-corrected chi connectivity index (χ0v) is 11.5. The molecule has 0 saturated heterocycles. The Morgan fingerprint density at radius 1 is 1.42 bits per heavy atom. The number of hydrogen-bond donors (Lipinski definition) is 2. The Kier molecular flexibility index (Phi) is 5.56. The smallest absolute Gasteiger partial charge is 0.254 e. The summed E-state index contributed by atoms with van der Waals surface area (Å²) >= 11 is 0. The third-order valence-corrected chi connectivity index (χ3v) is 3.11. The second-order valence-corrected chi connectivity index (χ2v) is 4.39. The van der Waals surface area contributed by atoms with Gasteiger partial charge < -0.3 is 15.1 Å². The lowest BCUT2D eigenvalue weighted by Gasteiger charge is -2.24. The molecule has 1 aromatic carbocycles. The fraction of sp³-hybridized carbons (Fsp3) is 0.400. The predicted molar refractivity (Wildman–Crippen MR) is 73.8 cm³/mol. The van der Waals surface area contributed by atoms with Crippen molar-refractivity contribution in [3.05, 3.63) is 34.9 Å². The van der Waals surface area contributed by atoms with Gasteiger partial charge in [0, 0.05) is 18.2 Å². The normalized spacial score (nSPS) is 11.4. The fourth-order valence-electron chi connectivity index (χ4n) is 1.65. The molecular weight excluding hydrogens is 242 g/mol. The number of benzene rings is 1. The first kappa shape index (κ1) is 15.2. The molecule has 0 spiro atoms. The van der Waals surface area contributed by atoms with Crippen LogP contribution in [-0.2, 0) is 0 Å². The summed E-state index contributed by atoms with van der Waals surface area (Å²) in [7, 11) is 1.66. The molecule has 1 amide bonds. The van der Waals surface area contributed by atoms with Gasteiger partial charge in [0.25, 0.3) is 5.91 Å². The fourth-order valence-corrected chi connectivity index (χ4v) is 1.65. The molecule has 0 aliphatic carbocycles. The molecule has 1 unspecified atom stereocenters. The quantitative estimate of drug-likeness (QED) is 0.791. The number of carbonyl (C=O) groups excluding carboxylic acids is 1. The van der Waals surface area contributed by atoms with Gasteiger partial charge in [-0.1, -0.05) is 17.9 Å². The standard InChI is InChI=1S/C15H19NO3/c1-11(10-18)16(3)15(19)14-8-4-6-13(12(14)2)7-5-9-17/h4,6,8,11,17-18H,9-10H2,1-3H3. The molecule has 0 saturated carbocycles. The van der Waals surface area contributed by atoms with E-state index < -0.39 is 0 Å². The zero-order valence-electron chi connectivity index (χ0n) is 11.5. The molecule has 0 aliphatic heterocycles. The molecule has 1 atom stereocenters. The van der Waals surface area contributed by atoms with Crippen LogP contribution in [0.3, 0.4) is 0 Å². The minimum atomic E-state index is -0.237. The van der Waals surface area contributed by atoms with Crippen molar-refractivity contribution in [3.63, 3.8) is 0 Å². The molecule has 0 aromatic heterocycles. The van der Waals surface area contributed by atoms with E-state index in [-0.39, 0.29) is 25.2 Å². The largest absolute Gasteiger partial charge is 0.394 e. The van der Waals surface area contributed by atoms with Gasteiger partial charge in [-0.25, -0.2) is 0 Å². The van der Waals surface area contributed by atoms with E-state index in [0.717, 1.165) is 11.1 Å². The van der Waals surface area contributed by atoms with Crippen LogP contribution in [0.2, 0.25) is 0 Å². The molecule has 19 heavy (non-hydrogen) atoms. The highest BCUT2D eigenvalue weighted by Gasteiger charge is 2.19. The average molecular weight is 261 g/mol. The van der Waals surface area contributed by atoms with Crippen LogP contribution in [-0.4, -0.2) is 47.3 Å². The molecule has 0 heterocycles. The Morgan fingerprint density at radius 2 is 2.11 bits per heavy atom. The molecule has 4 nitrogen and oxygen atoms in total. The van der Waals surface area contributed by atoms with Crippen LogP contribution in [0, 0.1) is 18.8 Å². The van der Waals surface area contributed by atoms with Crippen LogP contribution in [0.15, 0.2) is 18.2 Å². The van der Waals surface area contributed by atoms with Gasteiger partial charge in [0.15, 0.2) is 0 Å². The Bertz CT molecular complexity index is 514. The Balaban J connectivity index is 3.11. The van der Waals surface area contributed by atoms with Gasteiger partial charge in [0.05, 0.1) is 12.6 Å². The highest BCUT2D eigenvalue weighted by molar-refractivity contribution is 5.96. The number of nitrogens with zero attached hydrogens (tertiary/aromatic N) is 1. The van der Waals surface area contributed by atoms with Crippen molar-refractivity contribution in [1.29, 1.82) is 0 Å². The van der Waals surface area contributed by atoms with E-state index in [2.05, 4.69) is 11.8 Å². The van der Waals surface area contributed by atoms with E-state index in [1.807, 2.05) is 13.0 Å². The second kappa shape index (κ2) is 6.93. The summed E-state index contributed by atoms with van der Waals surface area (Å²) in [5.41, 5.74) is 2.07. The Labute approximate surface area is 113 Å². The molecule has 4 heteroatoms. The lowest BCUT2D eigenvalue weighted by atomic mass is 10.0. The highest BCUT2D eigenvalue weighted by atomic mass is 16.3. The van der Waals surface area contributed by atoms with Crippen molar-refractivity contribution in [1.82, 2.24) is 4.90 Å². The van der Waals surface area contributed by atoms with Gasteiger partial charge in [-0.3, -0.25) is 4.79 Å². The first-order chi connectivity index (χ1) is 9.02. The van der Waals surface area contributed by atoms with Crippen LogP contribution >= 0.6 is 0 Å². The first-order valence-corrected chi connectivity index (χ1v) is 6.10. The Hall–Kier alpha value is -1.83. The maximum absolute atomic E-state index is 12.3. The lowest BCUT2D eigenvalue weighted by Crippen LogP contribution is -2.37. The van der Waals surface area contributed by atoms with Crippen LogP contribution in [0.1, 0.15) is 28.4 Å². The van der Waals surface area contributed by atoms with Gasteiger partial charge in [-0.15, -0.1) is 0 Å². The number of hydrogen-bond acceptors (Lipinski definition) is 3. The van der Waals surface area contributed by atoms with Crippen molar-refractivity contribution in [2.45, 2.75) is 19.9 Å². The third kappa shape index (κ3) is 3.57. The summed E-state index contributed by atoms with van der Waals surface area (Å²) in [5, 5.41) is 17.8. The number of carbonyl (C=O) groups is 1. The number of aliphatic hydroxyl groups is 2.